The number of halogens is 4. The highest BCUT2D eigenvalue weighted by atomic mass is 35.5. The topological polar surface area (TPSA) is 62.7 Å². The lowest BCUT2D eigenvalue weighted by atomic mass is 9.82. The Hall–Kier alpha value is -2.32. The van der Waals surface area contributed by atoms with Gasteiger partial charge in [0.15, 0.2) is 0 Å². The quantitative estimate of drug-likeness (QED) is 0.555. The molecule has 4 rings (SSSR count). The van der Waals surface area contributed by atoms with Crippen molar-refractivity contribution in [3.63, 3.8) is 0 Å². The lowest BCUT2D eigenvalue weighted by Gasteiger charge is -2.46. The normalized spacial score (nSPS) is 19.8. The molecule has 3 heterocycles. The molecule has 1 N–H and O–H groups in total. The molecule has 5 nitrogen and oxygen atoms in total. The first-order chi connectivity index (χ1) is 16.0. The Kier molecular flexibility index (Phi) is 6.84. The molecule has 2 aliphatic rings. The molecule has 1 fully saturated rings. The van der Waals surface area contributed by atoms with Gasteiger partial charge in [0, 0.05) is 13.1 Å². The maximum atomic E-state index is 13.1. The summed E-state index contributed by atoms with van der Waals surface area (Å²) in [6, 6.07) is 7.76. The number of piperidine rings is 1. The average Bonchev–Trinajstić information content (AvgIpc) is 2.78. The van der Waals surface area contributed by atoms with Crippen LogP contribution in [-0.2, 0) is 23.8 Å². The fourth-order valence-electron chi connectivity index (χ4n) is 4.87. The standard InChI is InChI=1S/C25H28ClF3N2O3/c1-15(23(32)33)13-17-3-4-18-7-8-24(34-20(18)14-17)9-11-31(12-10-24)16(2)22-19(26)5-6-21(30-22)25(27,28)29/h3-6,14-16H,7-13H2,1-2H3,(H,32,33). The molecule has 1 saturated heterocycles. The summed E-state index contributed by atoms with van der Waals surface area (Å²) in [5.74, 6) is -0.492. The van der Waals surface area contributed by atoms with Crippen LogP contribution in [-0.4, -0.2) is 39.7 Å². The third-order valence-corrected chi connectivity index (χ3v) is 7.41. The van der Waals surface area contributed by atoms with Gasteiger partial charge in [0.25, 0.3) is 0 Å². The zero-order chi connectivity index (χ0) is 24.7. The largest absolute Gasteiger partial charge is 0.487 e. The summed E-state index contributed by atoms with van der Waals surface area (Å²) in [6.07, 6.45) is -0.854. The molecule has 9 heteroatoms. The number of pyridine rings is 1. The maximum Gasteiger partial charge on any atom is 0.433 e. The number of likely N-dealkylation sites (tertiary alicyclic amines) is 1. The molecule has 0 amide bonds. The minimum absolute atomic E-state index is 0.228. The second-order valence-electron chi connectivity index (χ2n) is 9.44. The van der Waals surface area contributed by atoms with Crippen molar-refractivity contribution < 1.29 is 27.8 Å². The summed E-state index contributed by atoms with van der Waals surface area (Å²) < 4.78 is 45.9. The highest BCUT2D eigenvalue weighted by molar-refractivity contribution is 6.31. The summed E-state index contributed by atoms with van der Waals surface area (Å²) >= 11 is 6.21. The molecule has 0 radical (unpaired) electrons. The van der Waals surface area contributed by atoms with Crippen LogP contribution in [0.25, 0.3) is 0 Å². The lowest BCUT2D eigenvalue weighted by molar-refractivity contribution is -0.142. The van der Waals surface area contributed by atoms with Crippen LogP contribution in [0, 0.1) is 5.92 Å². The van der Waals surface area contributed by atoms with Crippen molar-refractivity contribution in [3.05, 3.63) is 57.9 Å². The number of carboxylic acids is 1. The number of rotatable bonds is 5. The second-order valence-corrected chi connectivity index (χ2v) is 9.85. The van der Waals surface area contributed by atoms with Gasteiger partial charge in [-0.2, -0.15) is 13.2 Å². The number of ether oxygens (including phenoxy) is 1. The van der Waals surface area contributed by atoms with Crippen LogP contribution in [0.3, 0.4) is 0 Å². The van der Waals surface area contributed by atoms with Gasteiger partial charge in [-0.3, -0.25) is 9.69 Å². The predicted molar refractivity (Wildman–Crippen MR) is 122 cm³/mol. The van der Waals surface area contributed by atoms with E-state index in [2.05, 4.69) is 9.88 Å². The van der Waals surface area contributed by atoms with Crippen molar-refractivity contribution in [1.29, 1.82) is 0 Å². The first-order valence-corrected chi connectivity index (χ1v) is 11.9. The molecule has 1 aromatic carbocycles. The van der Waals surface area contributed by atoms with Gasteiger partial charge in [-0.05, 0) is 68.4 Å². The van der Waals surface area contributed by atoms with Crippen LogP contribution >= 0.6 is 11.6 Å². The smallest absolute Gasteiger partial charge is 0.433 e. The molecule has 2 aliphatic heterocycles. The Balaban J connectivity index is 1.45. The van der Waals surface area contributed by atoms with Gasteiger partial charge >= 0.3 is 12.1 Å². The van der Waals surface area contributed by atoms with Gasteiger partial charge in [0.05, 0.1) is 22.7 Å². The molecule has 184 valence electrons. The lowest BCUT2D eigenvalue weighted by Crippen LogP contribution is -2.50. The Morgan fingerprint density at radius 1 is 1.21 bits per heavy atom. The number of benzene rings is 1. The number of aromatic nitrogens is 1. The fraction of sp³-hybridized carbons (Fsp3) is 0.520. The number of carbonyl (C=O) groups is 1. The Bertz CT molecular complexity index is 1070. The van der Waals surface area contributed by atoms with Gasteiger partial charge in [0.2, 0.25) is 0 Å². The highest BCUT2D eigenvalue weighted by Gasteiger charge is 2.41. The fourth-order valence-corrected chi connectivity index (χ4v) is 5.13. The van der Waals surface area contributed by atoms with E-state index in [0.717, 1.165) is 48.6 Å². The van der Waals surface area contributed by atoms with E-state index in [4.69, 9.17) is 16.3 Å². The van der Waals surface area contributed by atoms with Crippen molar-refractivity contribution in [1.82, 2.24) is 9.88 Å². The SMILES string of the molecule is CC(Cc1ccc2c(c1)OC1(CC2)CCN(C(C)c2nc(C(F)(F)F)ccc2Cl)CC1)C(=O)O. The average molecular weight is 497 g/mol. The van der Waals surface area contributed by atoms with E-state index in [1.807, 2.05) is 25.1 Å². The minimum atomic E-state index is -4.52. The molecular weight excluding hydrogens is 469 g/mol. The second kappa shape index (κ2) is 9.38. The molecule has 0 saturated carbocycles. The number of aryl methyl sites for hydroxylation is 1. The van der Waals surface area contributed by atoms with Crippen molar-refractivity contribution in [2.24, 2.45) is 5.92 Å². The van der Waals surface area contributed by atoms with Crippen LogP contribution in [0.1, 0.15) is 61.7 Å². The number of hydrogen-bond donors (Lipinski definition) is 1. The Morgan fingerprint density at radius 2 is 1.91 bits per heavy atom. The number of carboxylic acid groups (broad SMARTS) is 1. The molecular formula is C25H28ClF3N2O3. The molecule has 1 aromatic heterocycles. The number of alkyl halides is 3. The zero-order valence-corrected chi connectivity index (χ0v) is 19.9. The highest BCUT2D eigenvalue weighted by Crippen LogP contribution is 2.42. The predicted octanol–water partition coefficient (Wildman–Crippen LogP) is 5.94. The van der Waals surface area contributed by atoms with E-state index in [1.54, 1.807) is 6.92 Å². The van der Waals surface area contributed by atoms with E-state index in [1.165, 1.54) is 6.07 Å². The Labute approximate surface area is 201 Å². The van der Waals surface area contributed by atoms with Crippen LogP contribution in [0.15, 0.2) is 30.3 Å². The zero-order valence-electron chi connectivity index (χ0n) is 19.2. The van der Waals surface area contributed by atoms with Crippen LogP contribution in [0.4, 0.5) is 13.2 Å². The van der Waals surface area contributed by atoms with E-state index in [9.17, 15) is 23.1 Å². The molecule has 2 aromatic rings. The summed E-state index contributed by atoms with van der Waals surface area (Å²) in [5, 5.41) is 9.43. The maximum absolute atomic E-state index is 13.1. The first kappa shape index (κ1) is 24.8. The summed E-state index contributed by atoms with van der Waals surface area (Å²) in [6.45, 7) is 4.83. The van der Waals surface area contributed by atoms with E-state index >= 15 is 0 Å². The molecule has 0 aliphatic carbocycles. The van der Waals surface area contributed by atoms with Crippen molar-refractivity contribution in [2.75, 3.05) is 13.1 Å². The Morgan fingerprint density at radius 3 is 2.56 bits per heavy atom. The summed E-state index contributed by atoms with van der Waals surface area (Å²) in [5.41, 5.74) is 1.02. The van der Waals surface area contributed by atoms with Crippen LogP contribution in [0.5, 0.6) is 5.75 Å². The van der Waals surface area contributed by atoms with Crippen molar-refractivity contribution >= 4 is 17.6 Å². The van der Waals surface area contributed by atoms with Crippen LogP contribution < -0.4 is 4.74 Å². The molecule has 0 bridgehead atoms. The summed E-state index contributed by atoms with van der Waals surface area (Å²) in [7, 11) is 0. The molecule has 1 spiro atoms. The number of aliphatic carboxylic acids is 1. The van der Waals surface area contributed by atoms with Gasteiger partial charge in [-0.1, -0.05) is 30.7 Å². The van der Waals surface area contributed by atoms with E-state index in [-0.39, 0.29) is 22.4 Å². The van der Waals surface area contributed by atoms with Crippen LogP contribution in [0.2, 0.25) is 5.02 Å². The number of hydrogen-bond acceptors (Lipinski definition) is 4. The van der Waals surface area contributed by atoms with Gasteiger partial charge < -0.3 is 9.84 Å². The third kappa shape index (κ3) is 5.18. The van der Waals surface area contributed by atoms with Crippen molar-refractivity contribution in [2.45, 2.75) is 63.8 Å². The summed E-state index contributed by atoms with van der Waals surface area (Å²) in [4.78, 5) is 17.1. The first-order valence-electron chi connectivity index (χ1n) is 11.5. The van der Waals surface area contributed by atoms with E-state index in [0.29, 0.717) is 19.5 Å². The molecule has 2 atom stereocenters. The monoisotopic (exact) mass is 496 g/mol. The van der Waals surface area contributed by atoms with Gasteiger partial charge in [0.1, 0.15) is 17.0 Å². The van der Waals surface area contributed by atoms with Gasteiger partial charge in [-0.15, -0.1) is 0 Å². The van der Waals surface area contributed by atoms with Crippen molar-refractivity contribution in [3.8, 4) is 5.75 Å². The minimum Gasteiger partial charge on any atom is -0.487 e. The third-order valence-electron chi connectivity index (χ3n) is 7.09. The van der Waals surface area contributed by atoms with E-state index < -0.39 is 23.8 Å². The van der Waals surface area contributed by atoms with Gasteiger partial charge in [-0.25, -0.2) is 4.98 Å². The molecule has 34 heavy (non-hydrogen) atoms. The molecule has 2 unspecified atom stereocenters. The number of nitrogens with zero attached hydrogens (tertiary/aromatic N) is 2. The number of fused-ring (bicyclic) bond motifs is 1.